The third kappa shape index (κ3) is 3.28. The van der Waals surface area contributed by atoms with Gasteiger partial charge in [-0.3, -0.25) is 4.79 Å². The molecule has 1 atom stereocenters. The Labute approximate surface area is 173 Å². The van der Waals surface area contributed by atoms with Crippen LogP contribution in [-0.2, 0) is 17.8 Å². The molecule has 30 heavy (non-hydrogen) atoms. The van der Waals surface area contributed by atoms with Gasteiger partial charge in [-0.1, -0.05) is 12.1 Å². The largest absolute Gasteiger partial charge is 0.481 e. The van der Waals surface area contributed by atoms with E-state index in [9.17, 15) is 14.3 Å². The molecule has 6 heteroatoms. The maximum Gasteiger partial charge on any atom is 0.304 e. The highest BCUT2D eigenvalue weighted by Crippen LogP contribution is 2.40. The summed E-state index contributed by atoms with van der Waals surface area (Å²) in [5.41, 5.74) is 5.28. The number of carbonyl (C=O) groups is 1. The van der Waals surface area contributed by atoms with Crippen LogP contribution in [0.15, 0.2) is 61.2 Å². The number of carboxylic acid groups (broad SMARTS) is 1. The van der Waals surface area contributed by atoms with Gasteiger partial charge < -0.3 is 14.2 Å². The topological polar surface area (TPSA) is 60.0 Å². The normalized spacial score (nSPS) is 16.0. The fourth-order valence-electron chi connectivity index (χ4n) is 4.76. The van der Waals surface area contributed by atoms with Crippen molar-refractivity contribution in [3.05, 3.63) is 83.8 Å². The standard InChI is InChI=1S/C24H22FN3O2/c25-18-6-9-22-21(13-18)20-3-1-2-17(12-23(29)30)24(20)28(22)14-16-4-7-19(8-5-16)27-11-10-26-15-27/h4-11,13,15,17H,1-3,12,14H2,(H,29,30). The van der Waals surface area contributed by atoms with Crippen LogP contribution >= 0.6 is 0 Å². The van der Waals surface area contributed by atoms with Crippen molar-refractivity contribution in [2.24, 2.45) is 0 Å². The number of aryl methyl sites for hydroxylation is 1. The van der Waals surface area contributed by atoms with Gasteiger partial charge in [-0.2, -0.15) is 0 Å². The average molecular weight is 403 g/mol. The first-order valence-electron chi connectivity index (χ1n) is 10.2. The zero-order valence-electron chi connectivity index (χ0n) is 16.5. The molecule has 0 amide bonds. The van der Waals surface area contributed by atoms with E-state index in [1.165, 1.54) is 6.07 Å². The first-order chi connectivity index (χ1) is 14.6. The van der Waals surface area contributed by atoms with Crippen molar-refractivity contribution in [2.75, 3.05) is 0 Å². The summed E-state index contributed by atoms with van der Waals surface area (Å²) in [5, 5.41) is 10.3. The van der Waals surface area contributed by atoms with Crippen molar-refractivity contribution in [3.8, 4) is 5.69 Å². The van der Waals surface area contributed by atoms with Crippen LogP contribution in [0, 0.1) is 5.82 Å². The first-order valence-corrected chi connectivity index (χ1v) is 10.2. The Morgan fingerprint density at radius 2 is 2.03 bits per heavy atom. The Morgan fingerprint density at radius 3 is 2.77 bits per heavy atom. The van der Waals surface area contributed by atoms with E-state index >= 15 is 0 Å². The smallest absolute Gasteiger partial charge is 0.304 e. The molecule has 0 radical (unpaired) electrons. The Balaban J connectivity index is 1.58. The predicted octanol–water partition coefficient (Wildman–Crippen LogP) is 4.91. The van der Waals surface area contributed by atoms with Gasteiger partial charge in [-0.25, -0.2) is 9.37 Å². The summed E-state index contributed by atoms with van der Waals surface area (Å²) in [7, 11) is 0. The molecule has 2 heterocycles. The second-order valence-corrected chi connectivity index (χ2v) is 7.93. The van der Waals surface area contributed by atoms with Crippen molar-refractivity contribution in [1.82, 2.24) is 14.1 Å². The average Bonchev–Trinajstić information content (AvgIpc) is 3.36. The molecule has 1 aliphatic rings. The minimum atomic E-state index is -0.791. The van der Waals surface area contributed by atoms with Gasteiger partial charge in [0.15, 0.2) is 0 Å². The van der Waals surface area contributed by atoms with E-state index in [1.807, 2.05) is 29.0 Å². The number of nitrogens with zero attached hydrogens (tertiary/aromatic N) is 3. The number of hydrogen-bond acceptors (Lipinski definition) is 2. The first kappa shape index (κ1) is 18.6. The quantitative estimate of drug-likeness (QED) is 0.515. The van der Waals surface area contributed by atoms with Crippen molar-refractivity contribution in [3.63, 3.8) is 0 Å². The SMILES string of the molecule is O=C(O)CC1CCCc2c1n(Cc1ccc(-n3ccnc3)cc1)c1ccc(F)cc21. The minimum absolute atomic E-state index is 0.0491. The van der Waals surface area contributed by atoms with Crippen LogP contribution in [0.2, 0.25) is 0 Å². The lowest BCUT2D eigenvalue weighted by Gasteiger charge is -2.24. The molecule has 0 fully saturated rings. The monoisotopic (exact) mass is 403 g/mol. The van der Waals surface area contributed by atoms with Gasteiger partial charge >= 0.3 is 5.97 Å². The number of aromatic nitrogens is 3. The summed E-state index contributed by atoms with van der Waals surface area (Å²) in [5.74, 6) is -1.10. The zero-order valence-corrected chi connectivity index (χ0v) is 16.5. The number of aliphatic carboxylic acids is 1. The lowest BCUT2D eigenvalue weighted by Crippen LogP contribution is -2.17. The van der Waals surface area contributed by atoms with Crippen LogP contribution in [0.5, 0.6) is 0 Å². The van der Waals surface area contributed by atoms with Gasteiger partial charge in [-0.05, 0) is 60.7 Å². The fraction of sp³-hybridized carbons (Fsp3) is 0.250. The third-order valence-corrected chi connectivity index (χ3v) is 6.04. The summed E-state index contributed by atoms with van der Waals surface area (Å²) in [4.78, 5) is 15.6. The molecule has 152 valence electrons. The van der Waals surface area contributed by atoms with Crippen molar-refractivity contribution < 1.29 is 14.3 Å². The van der Waals surface area contributed by atoms with Crippen molar-refractivity contribution in [2.45, 2.75) is 38.1 Å². The second kappa shape index (κ2) is 7.44. The van der Waals surface area contributed by atoms with E-state index in [4.69, 9.17) is 0 Å². The van der Waals surface area contributed by atoms with E-state index in [2.05, 4.69) is 21.7 Å². The predicted molar refractivity (Wildman–Crippen MR) is 112 cm³/mol. The fourth-order valence-corrected chi connectivity index (χ4v) is 4.76. The highest BCUT2D eigenvalue weighted by atomic mass is 19.1. The van der Waals surface area contributed by atoms with Gasteiger partial charge in [0.25, 0.3) is 0 Å². The minimum Gasteiger partial charge on any atom is -0.481 e. The summed E-state index contributed by atoms with van der Waals surface area (Å²) in [6.07, 6.45) is 8.14. The summed E-state index contributed by atoms with van der Waals surface area (Å²) in [6.45, 7) is 0.623. The number of imidazole rings is 1. The van der Waals surface area contributed by atoms with Gasteiger partial charge in [-0.15, -0.1) is 0 Å². The number of hydrogen-bond donors (Lipinski definition) is 1. The molecule has 1 N–H and O–H groups in total. The van der Waals surface area contributed by atoms with E-state index < -0.39 is 5.97 Å². The molecule has 0 aliphatic heterocycles. The van der Waals surface area contributed by atoms with E-state index in [-0.39, 0.29) is 18.2 Å². The van der Waals surface area contributed by atoms with Crippen LogP contribution in [0.1, 0.15) is 42.0 Å². The molecule has 0 saturated heterocycles. The maximum atomic E-state index is 14.0. The molecular weight excluding hydrogens is 381 g/mol. The van der Waals surface area contributed by atoms with Crippen LogP contribution in [0.4, 0.5) is 4.39 Å². The van der Waals surface area contributed by atoms with Gasteiger partial charge in [0, 0.05) is 47.1 Å². The highest BCUT2D eigenvalue weighted by Gasteiger charge is 2.29. The molecule has 2 aromatic heterocycles. The Morgan fingerprint density at radius 1 is 1.20 bits per heavy atom. The molecule has 1 unspecified atom stereocenters. The van der Waals surface area contributed by atoms with Gasteiger partial charge in [0.05, 0.1) is 12.7 Å². The number of fused-ring (bicyclic) bond motifs is 3. The Hall–Kier alpha value is -3.41. The molecule has 1 aliphatic carbocycles. The van der Waals surface area contributed by atoms with Crippen molar-refractivity contribution in [1.29, 1.82) is 0 Å². The molecular formula is C24H22FN3O2. The van der Waals surface area contributed by atoms with Crippen LogP contribution < -0.4 is 0 Å². The van der Waals surface area contributed by atoms with E-state index in [0.29, 0.717) is 6.54 Å². The van der Waals surface area contributed by atoms with Crippen LogP contribution in [0.3, 0.4) is 0 Å². The Kier molecular flexibility index (Phi) is 4.62. The van der Waals surface area contributed by atoms with Gasteiger partial charge in [0.1, 0.15) is 5.82 Å². The number of benzene rings is 2. The Bertz CT molecular complexity index is 1210. The highest BCUT2D eigenvalue weighted by molar-refractivity contribution is 5.86. The number of rotatable bonds is 5. The van der Waals surface area contributed by atoms with Crippen LogP contribution in [0.25, 0.3) is 16.6 Å². The maximum absolute atomic E-state index is 14.0. The van der Waals surface area contributed by atoms with E-state index in [1.54, 1.807) is 18.6 Å². The summed E-state index contributed by atoms with van der Waals surface area (Å²) >= 11 is 0. The van der Waals surface area contributed by atoms with Crippen molar-refractivity contribution >= 4 is 16.9 Å². The molecule has 4 aromatic rings. The third-order valence-electron chi connectivity index (χ3n) is 6.04. The summed E-state index contributed by atoms with van der Waals surface area (Å²) < 4.78 is 18.2. The molecule has 0 saturated carbocycles. The molecule has 0 bridgehead atoms. The van der Waals surface area contributed by atoms with Gasteiger partial charge in [0.2, 0.25) is 0 Å². The second-order valence-electron chi connectivity index (χ2n) is 7.93. The molecule has 2 aromatic carbocycles. The van der Waals surface area contributed by atoms with E-state index in [0.717, 1.165) is 52.7 Å². The molecule has 5 nitrogen and oxygen atoms in total. The lowest BCUT2D eigenvalue weighted by molar-refractivity contribution is -0.137. The summed E-state index contributed by atoms with van der Waals surface area (Å²) in [6, 6.07) is 13.1. The number of halogens is 1. The molecule has 0 spiro atoms. The van der Waals surface area contributed by atoms with Crippen LogP contribution in [-0.4, -0.2) is 25.2 Å². The number of carboxylic acids is 1. The zero-order chi connectivity index (χ0) is 20.7. The lowest BCUT2D eigenvalue weighted by atomic mass is 9.84. The molecule has 5 rings (SSSR count).